The average molecular weight is 266 g/mol. The summed E-state index contributed by atoms with van der Waals surface area (Å²) in [5.74, 6) is -0.626. The van der Waals surface area contributed by atoms with E-state index >= 15 is 0 Å². The van der Waals surface area contributed by atoms with Gasteiger partial charge in [-0.05, 0) is 25.1 Å². The molecule has 1 aromatic carbocycles. The van der Waals surface area contributed by atoms with Gasteiger partial charge in [0.25, 0.3) is 0 Å². The Kier molecular flexibility index (Phi) is 3.55. The van der Waals surface area contributed by atoms with Gasteiger partial charge in [-0.1, -0.05) is 0 Å². The molecular formula is C14H15FO4. The number of carbonyl (C=O) groups is 2. The Morgan fingerprint density at radius 3 is 2.63 bits per heavy atom. The molecule has 0 bridgehead atoms. The number of halogens is 1. The van der Waals surface area contributed by atoms with E-state index in [-0.39, 0.29) is 25.2 Å². The summed E-state index contributed by atoms with van der Waals surface area (Å²) < 4.78 is 23.6. The minimum atomic E-state index is -1.10. The largest absolute Gasteiger partial charge is 0.496 e. The van der Waals surface area contributed by atoms with E-state index in [1.54, 1.807) is 6.92 Å². The van der Waals surface area contributed by atoms with Gasteiger partial charge in [0.1, 0.15) is 22.8 Å². The Bertz CT molecular complexity index is 516. The first kappa shape index (κ1) is 13.5. The number of hydrogen-bond donors (Lipinski definition) is 0. The quantitative estimate of drug-likeness (QED) is 0.782. The molecule has 1 fully saturated rings. The molecule has 5 heteroatoms. The summed E-state index contributed by atoms with van der Waals surface area (Å²) in [4.78, 5) is 23.5. The van der Waals surface area contributed by atoms with Gasteiger partial charge >= 0.3 is 5.97 Å². The molecule has 19 heavy (non-hydrogen) atoms. The molecule has 1 aromatic rings. The molecule has 4 nitrogen and oxygen atoms in total. The molecule has 2 rings (SSSR count). The third-order valence-electron chi connectivity index (χ3n) is 3.34. The van der Waals surface area contributed by atoms with E-state index in [9.17, 15) is 14.0 Å². The molecule has 0 unspecified atom stereocenters. The highest BCUT2D eigenvalue weighted by atomic mass is 19.1. The molecule has 0 heterocycles. The van der Waals surface area contributed by atoms with Crippen molar-refractivity contribution in [2.45, 2.75) is 25.2 Å². The van der Waals surface area contributed by atoms with Crippen molar-refractivity contribution in [3.05, 3.63) is 29.6 Å². The van der Waals surface area contributed by atoms with Crippen LogP contribution < -0.4 is 4.74 Å². The lowest BCUT2D eigenvalue weighted by atomic mass is 9.63. The van der Waals surface area contributed by atoms with Crippen LogP contribution in [0, 0.1) is 5.82 Å². The summed E-state index contributed by atoms with van der Waals surface area (Å²) in [6.45, 7) is 1.90. The lowest BCUT2D eigenvalue weighted by Gasteiger charge is -2.38. The van der Waals surface area contributed by atoms with Crippen molar-refractivity contribution in [3.63, 3.8) is 0 Å². The van der Waals surface area contributed by atoms with Crippen LogP contribution in [0.25, 0.3) is 0 Å². The molecule has 0 radical (unpaired) electrons. The predicted octanol–water partition coefficient (Wildman–Crippen LogP) is 2.00. The molecule has 0 atom stereocenters. The zero-order valence-corrected chi connectivity index (χ0v) is 10.9. The lowest BCUT2D eigenvalue weighted by molar-refractivity contribution is -0.158. The van der Waals surface area contributed by atoms with Gasteiger partial charge in [-0.3, -0.25) is 9.59 Å². The molecule has 0 aliphatic heterocycles. The van der Waals surface area contributed by atoms with Crippen molar-refractivity contribution in [1.82, 2.24) is 0 Å². The minimum Gasteiger partial charge on any atom is -0.496 e. The minimum absolute atomic E-state index is 0.0334. The summed E-state index contributed by atoms with van der Waals surface area (Å²) in [5, 5.41) is 0. The molecule has 1 aliphatic carbocycles. The molecule has 102 valence electrons. The zero-order chi connectivity index (χ0) is 14.0. The number of hydrogen-bond acceptors (Lipinski definition) is 4. The summed E-state index contributed by atoms with van der Waals surface area (Å²) in [5.41, 5.74) is -0.714. The maximum atomic E-state index is 13.4. The zero-order valence-electron chi connectivity index (χ0n) is 10.9. The second-order valence-electron chi connectivity index (χ2n) is 4.54. The number of ether oxygens (including phenoxy) is 2. The van der Waals surface area contributed by atoms with Crippen molar-refractivity contribution in [2.24, 2.45) is 0 Å². The molecule has 0 amide bonds. The summed E-state index contributed by atoms with van der Waals surface area (Å²) in [6, 6.07) is 3.94. The fourth-order valence-corrected chi connectivity index (χ4v) is 2.39. The van der Waals surface area contributed by atoms with Crippen LogP contribution in [-0.2, 0) is 19.7 Å². The molecule has 1 saturated carbocycles. The highest BCUT2D eigenvalue weighted by Gasteiger charge is 2.54. The Morgan fingerprint density at radius 1 is 1.42 bits per heavy atom. The van der Waals surface area contributed by atoms with Gasteiger partial charge in [0.15, 0.2) is 0 Å². The van der Waals surface area contributed by atoms with E-state index < -0.39 is 17.2 Å². The summed E-state index contributed by atoms with van der Waals surface area (Å²) in [6.07, 6.45) is 0.0668. The first-order chi connectivity index (χ1) is 9.03. The van der Waals surface area contributed by atoms with Crippen LogP contribution in [-0.4, -0.2) is 25.5 Å². The fraction of sp³-hybridized carbons (Fsp3) is 0.429. The van der Waals surface area contributed by atoms with Crippen molar-refractivity contribution in [3.8, 4) is 5.75 Å². The average Bonchev–Trinajstić information content (AvgIpc) is 2.35. The van der Waals surface area contributed by atoms with Gasteiger partial charge in [0.2, 0.25) is 0 Å². The highest BCUT2D eigenvalue weighted by Crippen LogP contribution is 2.46. The number of esters is 1. The molecule has 0 N–H and O–H groups in total. The maximum Gasteiger partial charge on any atom is 0.317 e. The van der Waals surface area contributed by atoms with E-state index in [1.165, 1.54) is 25.3 Å². The van der Waals surface area contributed by atoms with Crippen LogP contribution in [0.3, 0.4) is 0 Å². The van der Waals surface area contributed by atoms with Crippen molar-refractivity contribution >= 4 is 11.8 Å². The first-order valence-corrected chi connectivity index (χ1v) is 6.06. The second-order valence-corrected chi connectivity index (χ2v) is 4.54. The number of ketones is 1. The third-order valence-corrected chi connectivity index (χ3v) is 3.34. The predicted molar refractivity (Wildman–Crippen MR) is 65.5 cm³/mol. The standard InChI is InChI=1S/C14H15FO4/c1-3-19-13(17)14(7-10(16)8-14)11-6-9(15)4-5-12(11)18-2/h4-6H,3,7-8H2,1-2H3. The van der Waals surface area contributed by atoms with Crippen molar-refractivity contribution < 1.29 is 23.5 Å². The summed E-state index contributed by atoms with van der Waals surface area (Å²) >= 11 is 0. The lowest BCUT2D eigenvalue weighted by Crippen LogP contribution is -2.49. The van der Waals surface area contributed by atoms with Gasteiger partial charge in [-0.15, -0.1) is 0 Å². The van der Waals surface area contributed by atoms with Crippen LogP contribution in [0.15, 0.2) is 18.2 Å². The number of rotatable bonds is 4. The molecule has 0 saturated heterocycles. The smallest absolute Gasteiger partial charge is 0.317 e. The Morgan fingerprint density at radius 2 is 2.11 bits per heavy atom. The number of Topliss-reactive ketones (excluding diaryl/α,β-unsaturated/α-hetero) is 1. The molecular weight excluding hydrogens is 251 g/mol. The SMILES string of the molecule is CCOC(=O)C1(c2cc(F)ccc2OC)CC(=O)C1. The Labute approximate surface area is 110 Å². The van der Waals surface area contributed by atoms with Gasteiger partial charge in [0.05, 0.1) is 13.7 Å². The Balaban J connectivity index is 2.48. The van der Waals surface area contributed by atoms with Crippen molar-refractivity contribution in [2.75, 3.05) is 13.7 Å². The Hall–Kier alpha value is -1.91. The van der Waals surface area contributed by atoms with Crippen LogP contribution in [0.4, 0.5) is 4.39 Å². The normalized spacial score (nSPS) is 16.7. The number of benzene rings is 1. The highest BCUT2D eigenvalue weighted by molar-refractivity contribution is 6.02. The van der Waals surface area contributed by atoms with E-state index in [1.807, 2.05) is 0 Å². The monoisotopic (exact) mass is 266 g/mol. The maximum absolute atomic E-state index is 13.4. The number of carbonyl (C=O) groups excluding carboxylic acids is 2. The second kappa shape index (κ2) is 4.99. The summed E-state index contributed by atoms with van der Waals surface area (Å²) in [7, 11) is 1.44. The van der Waals surface area contributed by atoms with Gasteiger partial charge in [0, 0.05) is 18.4 Å². The topological polar surface area (TPSA) is 52.6 Å². The molecule has 0 aromatic heterocycles. The van der Waals surface area contributed by atoms with Gasteiger partial charge in [-0.2, -0.15) is 0 Å². The number of methoxy groups -OCH3 is 1. The fourth-order valence-electron chi connectivity index (χ4n) is 2.39. The van der Waals surface area contributed by atoms with E-state index in [4.69, 9.17) is 9.47 Å². The van der Waals surface area contributed by atoms with E-state index in [0.717, 1.165) is 0 Å². The van der Waals surface area contributed by atoms with Crippen LogP contribution in [0.2, 0.25) is 0 Å². The molecule has 0 spiro atoms. The van der Waals surface area contributed by atoms with E-state index in [0.29, 0.717) is 11.3 Å². The molecule has 1 aliphatic rings. The van der Waals surface area contributed by atoms with Crippen molar-refractivity contribution in [1.29, 1.82) is 0 Å². The van der Waals surface area contributed by atoms with Crippen LogP contribution in [0.5, 0.6) is 5.75 Å². The van der Waals surface area contributed by atoms with Crippen LogP contribution in [0.1, 0.15) is 25.3 Å². The first-order valence-electron chi connectivity index (χ1n) is 6.06. The van der Waals surface area contributed by atoms with Crippen LogP contribution >= 0.6 is 0 Å². The van der Waals surface area contributed by atoms with E-state index in [2.05, 4.69) is 0 Å². The van der Waals surface area contributed by atoms with Gasteiger partial charge < -0.3 is 9.47 Å². The van der Waals surface area contributed by atoms with Gasteiger partial charge in [-0.25, -0.2) is 4.39 Å². The third kappa shape index (κ3) is 2.20.